The molecular weight excluding hydrogens is 341 g/mol. The van der Waals surface area contributed by atoms with Gasteiger partial charge in [-0.2, -0.15) is 17.5 Å². The standard InChI is InChI=1S/C9H7.C4H10N.C2H6Si.2ClH.Ti/c1-2-5-9-7-3-6-8(9)4-1;1-3-4(2)5;1-3-2;;;/h1-7H;4-5H,3H2,1-2H3;1-2H3;2*1H;/q2*-1;;;;+4/p-2. The van der Waals surface area contributed by atoms with Crippen molar-refractivity contribution in [2.45, 2.75) is 39.4 Å². The molecule has 20 heavy (non-hydrogen) atoms. The van der Waals surface area contributed by atoms with Crippen molar-refractivity contribution in [1.82, 2.24) is 0 Å². The van der Waals surface area contributed by atoms with Crippen molar-refractivity contribution in [3.05, 3.63) is 48.2 Å². The van der Waals surface area contributed by atoms with Crippen molar-refractivity contribution in [1.29, 1.82) is 0 Å². The van der Waals surface area contributed by atoms with Crippen LogP contribution in [-0.4, -0.2) is 15.6 Å². The molecule has 110 valence electrons. The topological polar surface area (TPSA) is 23.8 Å². The summed E-state index contributed by atoms with van der Waals surface area (Å²) in [5.74, 6) is 0. The molecule has 2 aromatic rings. The average Bonchev–Trinajstić information content (AvgIpc) is 2.78. The summed E-state index contributed by atoms with van der Waals surface area (Å²) in [6, 6.07) is 14.8. The summed E-state index contributed by atoms with van der Waals surface area (Å²) >= 11 is 0. The molecule has 0 aliphatic heterocycles. The van der Waals surface area contributed by atoms with E-state index in [1.54, 1.807) is 0 Å². The Morgan fingerprint density at radius 3 is 2.00 bits per heavy atom. The van der Waals surface area contributed by atoms with Gasteiger partial charge in [-0.15, -0.1) is 35.7 Å². The number of rotatable bonds is 1. The molecule has 1 unspecified atom stereocenters. The van der Waals surface area contributed by atoms with Crippen molar-refractivity contribution in [3.63, 3.8) is 0 Å². The molecule has 0 aliphatic rings. The maximum absolute atomic E-state index is 6.83. The van der Waals surface area contributed by atoms with Crippen molar-refractivity contribution in [2.24, 2.45) is 0 Å². The number of benzene rings is 1. The second kappa shape index (κ2) is 19.3. The third-order valence-corrected chi connectivity index (χ3v) is 2.16. The fourth-order valence-corrected chi connectivity index (χ4v) is 1.07. The van der Waals surface area contributed by atoms with Gasteiger partial charge in [0, 0.05) is 9.52 Å². The molecule has 5 heteroatoms. The molecule has 0 saturated carbocycles. The van der Waals surface area contributed by atoms with E-state index in [-0.39, 0.29) is 52.6 Å². The minimum atomic E-state index is 0. The van der Waals surface area contributed by atoms with Gasteiger partial charge in [0.15, 0.2) is 0 Å². The number of fused-ring (bicyclic) bond motifs is 1. The van der Waals surface area contributed by atoms with E-state index in [1.807, 2.05) is 13.8 Å². The van der Waals surface area contributed by atoms with Crippen molar-refractivity contribution in [3.8, 4) is 0 Å². The van der Waals surface area contributed by atoms with Crippen LogP contribution in [0.5, 0.6) is 0 Å². The summed E-state index contributed by atoms with van der Waals surface area (Å²) in [6.45, 7) is 8.21. The molecule has 2 radical (unpaired) electrons. The molecule has 1 N–H and O–H groups in total. The third-order valence-electron chi connectivity index (χ3n) is 2.16. The molecule has 1 atom stereocenters. The summed E-state index contributed by atoms with van der Waals surface area (Å²) in [6.07, 6.45) is 0.972. The minimum absolute atomic E-state index is 0. The smallest absolute Gasteiger partial charge is 1.00 e. The number of nitrogens with one attached hydrogen (secondary N) is 1. The van der Waals surface area contributed by atoms with Crippen molar-refractivity contribution < 1.29 is 46.5 Å². The zero-order valence-corrected chi connectivity index (χ0v) is 16.7. The van der Waals surface area contributed by atoms with E-state index in [9.17, 15) is 0 Å². The molecule has 0 heterocycles. The molecule has 0 aromatic heterocycles. The second-order valence-electron chi connectivity index (χ2n) is 3.96. The van der Waals surface area contributed by atoms with E-state index in [2.05, 4.69) is 55.6 Å². The molecule has 0 aliphatic carbocycles. The molecule has 0 fully saturated rings. The predicted molar refractivity (Wildman–Crippen MR) is 81.1 cm³/mol. The Morgan fingerprint density at radius 2 is 1.60 bits per heavy atom. The van der Waals surface area contributed by atoms with E-state index >= 15 is 0 Å². The predicted octanol–water partition coefficient (Wildman–Crippen LogP) is -0.812. The Morgan fingerprint density at radius 1 is 1.15 bits per heavy atom. The summed E-state index contributed by atoms with van der Waals surface area (Å²) in [4.78, 5) is 0. The Balaban J connectivity index is -0.000000103. The average molecular weight is 364 g/mol. The molecule has 1 nitrogen and oxygen atoms in total. The van der Waals surface area contributed by atoms with Crippen molar-refractivity contribution >= 4 is 20.3 Å². The molecule has 2 aromatic carbocycles. The first-order valence-corrected chi connectivity index (χ1v) is 8.05. The van der Waals surface area contributed by atoms with E-state index in [0.29, 0.717) is 0 Å². The second-order valence-corrected chi connectivity index (χ2v) is 4.96. The summed E-state index contributed by atoms with van der Waals surface area (Å²) in [7, 11) is 1.08. The van der Waals surface area contributed by atoms with Gasteiger partial charge in [-0.25, -0.2) is 0 Å². The van der Waals surface area contributed by atoms with E-state index in [0.717, 1.165) is 15.9 Å². The molecule has 0 spiro atoms. The van der Waals surface area contributed by atoms with Gasteiger partial charge in [0.25, 0.3) is 0 Å². The third kappa shape index (κ3) is 14.7. The van der Waals surface area contributed by atoms with Gasteiger partial charge in [0.05, 0.1) is 0 Å². The van der Waals surface area contributed by atoms with E-state index in [4.69, 9.17) is 5.73 Å². The number of hydrogen-bond acceptors (Lipinski definition) is 0. The first-order valence-electron chi connectivity index (χ1n) is 6.05. The van der Waals surface area contributed by atoms with Crippen molar-refractivity contribution in [2.75, 3.05) is 0 Å². The fourth-order valence-electron chi connectivity index (χ4n) is 1.07. The van der Waals surface area contributed by atoms with Crippen LogP contribution in [0.1, 0.15) is 20.3 Å². The van der Waals surface area contributed by atoms with Crippen LogP contribution in [0.3, 0.4) is 0 Å². The Labute approximate surface area is 154 Å². The first kappa shape index (κ1) is 28.5. The zero-order chi connectivity index (χ0) is 13.1. The minimum Gasteiger partial charge on any atom is -1.00 e. The molecule has 0 amide bonds. The Kier molecular flexibility index (Phi) is 27.5. The normalized spacial score (nSPS) is 9.25. The van der Waals surface area contributed by atoms with Gasteiger partial charge in [-0.05, 0) is 0 Å². The van der Waals surface area contributed by atoms with E-state index in [1.165, 1.54) is 10.8 Å². The van der Waals surface area contributed by atoms with Gasteiger partial charge >= 0.3 is 21.7 Å². The summed E-state index contributed by atoms with van der Waals surface area (Å²) in [5, 5.41) is 2.66. The largest absolute Gasteiger partial charge is 4.00 e. The molecule has 0 bridgehead atoms. The SMILES string of the molecule is CCC(C)[NH-].C[Si]C.[Cl-].[Cl-].[Ti+4].c1ccc2[cH-]ccc2c1. The molecule has 0 saturated heterocycles. The van der Waals surface area contributed by atoms with Gasteiger partial charge < -0.3 is 30.5 Å². The summed E-state index contributed by atoms with van der Waals surface area (Å²) in [5.41, 5.74) is 6.83. The maximum Gasteiger partial charge on any atom is 4.00 e. The number of hydrogen-bond donors (Lipinski definition) is 0. The monoisotopic (exact) mass is 363 g/mol. The van der Waals surface area contributed by atoms with Crippen LogP contribution in [0, 0.1) is 0 Å². The van der Waals surface area contributed by atoms with Crippen LogP contribution in [0.15, 0.2) is 42.5 Å². The van der Waals surface area contributed by atoms with Gasteiger partial charge in [0.1, 0.15) is 0 Å². The van der Waals surface area contributed by atoms with Crippen LogP contribution >= 0.6 is 0 Å². The van der Waals surface area contributed by atoms with Gasteiger partial charge in [-0.1, -0.05) is 39.4 Å². The molecular formula is C15H23Cl2NSiTi. The van der Waals surface area contributed by atoms with Crippen LogP contribution in [0.25, 0.3) is 16.5 Å². The van der Waals surface area contributed by atoms with E-state index < -0.39 is 0 Å². The Hall–Kier alpha value is 0.301. The Bertz CT molecular complexity index is 364. The first-order chi connectivity index (χ1) is 8.15. The van der Waals surface area contributed by atoms with Crippen LogP contribution in [0.2, 0.25) is 13.1 Å². The molecule has 2 rings (SSSR count). The van der Waals surface area contributed by atoms with Crippen LogP contribution in [0.4, 0.5) is 0 Å². The van der Waals surface area contributed by atoms with Gasteiger partial charge in [0.2, 0.25) is 0 Å². The van der Waals surface area contributed by atoms with Crippen LogP contribution in [-0.2, 0) is 21.7 Å². The van der Waals surface area contributed by atoms with Crippen LogP contribution < -0.4 is 24.8 Å². The quantitative estimate of drug-likeness (QED) is 0.467. The summed E-state index contributed by atoms with van der Waals surface area (Å²) < 4.78 is 0. The maximum atomic E-state index is 6.83. The number of halogens is 2. The van der Waals surface area contributed by atoms with Gasteiger partial charge in [-0.3, -0.25) is 0 Å². The fraction of sp³-hybridized carbons (Fsp3) is 0.400. The zero-order valence-electron chi connectivity index (χ0n) is 12.6.